The Hall–Kier alpha value is -3.98. The van der Waals surface area contributed by atoms with Gasteiger partial charge in [-0.1, -0.05) is 18.2 Å². The van der Waals surface area contributed by atoms with E-state index in [4.69, 9.17) is 24.9 Å². The highest BCUT2D eigenvalue weighted by Crippen LogP contribution is 2.32. The average Bonchev–Trinajstić information content (AvgIpc) is 3.46. The Bertz CT molecular complexity index is 1390. The van der Waals surface area contributed by atoms with Crippen LogP contribution in [0.4, 0.5) is 5.82 Å². The molecule has 2 aromatic heterocycles. The number of ether oxygens (including phenoxy) is 3. The van der Waals surface area contributed by atoms with Crippen molar-refractivity contribution in [3.63, 3.8) is 0 Å². The summed E-state index contributed by atoms with van der Waals surface area (Å²) in [5, 5.41) is 0. The molecule has 1 aliphatic heterocycles. The van der Waals surface area contributed by atoms with E-state index in [2.05, 4.69) is 4.98 Å². The lowest BCUT2D eigenvalue weighted by atomic mass is 10.2. The van der Waals surface area contributed by atoms with Gasteiger partial charge in [-0.25, -0.2) is 19.6 Å². The maximum absolute atomic E-state index is 13.2. The summed E-state index contributed by atoms with van der Waals surface area (Å²) >= 11 is 0. The predicted octanol–water partition coefficient (Wildman–Crippen LogP) is 3.67. The third-order valence-electron chi connectivity index (χ3n) is 5.74. The molecule has 0 saturated carbocycles. The number of fused-ring (bicyclic) bond motifs is 2. The minimum Gasteiger partial charge on any atom is -0.462 e. The maximum atomic E-state index is 13.2. The second-order valence-electron chi connectivity index (χ2n) is 7.98. The molecule has 1 saturated heterocycles. The number of rotatable bonds is 6. The van der Waals surface area contributed by atoms with Gasteiger partial charge in [-0.05, 0) is 50.1 Å². The summed E-state index contributed by atoms with van der Waals surface area (Å²) in [6, 6.07) is 14.2. The van der Waals surface area contributed by atoms with E-state index in [-0.39, 0.29) is 30.7 Å². The van der Waals surface area contributed by atoms with Gasteiger partial charge in [0, 0.05) is 12.3 Å². The van der Waals surface area contributed by atoms with Crippen LogP contribution in [0.25, 0.3) is 27.9 Å². The van der Waals surface area contributed by atoms with E-state index in [1.165, 1.54) is 0 Å². The number of hydrogen-bond donors (Lipinski definition) is 1. The lowest BCUT2D eigenvalue weighted by molar-refractivity contribution is 0.0163. The van der Waals surface area contributed by atoms with Crippen molar-refractivity contribution in [3.8, 4) is 5.69 Å². The van der Waals surface area contributed by atoms with E-state index in [1.807, 2.05) is 24.3 Å². The number of esters is 2. The number of para-hydroxylation sites is 2. The number of hydrogen-bond acceptors (Lipinski definition) is 8. The Morgan fingerprint density at radius 1 is 1.09 bits per heavy atom. The third-order valence-corrected chi connectivity index (χ3v) is 5.74. The predicted molar refractivity (Wildman–Crippen MR) is 126 cm³/mol. The summed E-state index contributed by atoms with van der Waals surface area (Å²) in [5.74, 6) is -0.918. The quantitative estimate of drug-likeness (QED) is 0.433. The van der Waals surface area contributed by atoms with Crippen LogP contribution in [0.15, 0.2) is 48.5 Å². The van der Waals surface area contributed by atoms with Crippen molar-refractivity contribution in [2.24, 2.45) is 0 Å². The van der Waals surface area contributed by atoms with Crippen molar-refractivity contribution in [1.82, 2.24) is 14.5 Å². The first-order valence-corrected chi connectivity index (χ1v) is 11.2. The number of aromatic nitrogens is 3. The van der Waals surface area contributed by atoms with Gasteiger partial charge in [0.1, 0.15) is 23.5 Å². The van der Waals surface area contributed by atoms with E-state index >= 15 is 0 Å². The van der Waals surface area contributed by atoms with Crippen LogP contribution in [0.1, 0.15) is 40.5 Å². The first-order chi connectivity index (χ1) is 16.6. The van der Waals surface area contributed by atoms with E-state index in [1.54, 1.807) is 35.8 Å². The van der Waals surface area contributed by atoms with Crippen molar-refractivity contribution in [2.75, 3.05) is 25.6 Å². The molecule has 0 unspecified atom stereocenters. The molecule has 3 heterocycles. The van der Waals surface area contributed by atoms with Crippen LogP contribution < -0.4 is 5.73 Å². The van der Waals surface area contributed by atoms with Gasteiger partial charge in [-0.15, -0.1) is 0 Å². The summed E-state index contributed by atoms with van der Waals surface area (Å²) in [7, 11) is 0. The normalized spacial score (nSPS) is 15.6. The van der Waals surface area contributed by atoms with Crippen molar-refractivity contribution >= 4 is 40.0 Å². The van der Waals surface area contributed by atoms with Gasteiger partial charge >= 0.3 is 11.9 Å². The molecule has 1 fully saturated rings. The van der Waals surface area contributed by atoms with Crippen molar-refractivity contribution in [1.29, 1.82) is 0 Å². The van der Waals surface area contributed by atoms with Crippen LogP contribution in [-0.4, -0.2) is 52.4 Å². The fourth-order valence-electron chi connectivity index (χ4n) is 4.13. The molecule has 4 aromatic rings. The average molecular weight is 460 g/mol. The highest BCUT2D eigenvalue weighted by molar-refractivity contribution is 6.09. The molecular weight excluding hydrogens is 436 g/mol. The van der Waals surface area contributed by atoms with E-state index in [0.717, 1.165) is 12.8 Å². The van der Waals surface area contributed by atoms with Gasteiger partial charge in [0.05, 0.1) is 29.3 Å². The lowest BCUT2D eigenvalue weighted by Crippen LogP contribution is -2.18. The van der Waals surface area contributed by atoms with Crippen molar-refractivity contribution in [3.05, 3.63) is 59.7 Å². The number of benzene rings is 2. The molecule has 0 amide bonds. The molecule has 0 spiro atoms. The smallest absolute Gasteiger partial charge is 0.344 e. The number of nitrogens with zero attached hydrogens (tertiary/aromatic N) is 3. The second kappa shape index (κ2) is 9.11. The molecule has 1 atom stereocenters. The molecule has 2 aromatic carbocycles. The van der Waals surface area contributed by atoms with Gasteiger partial charge in [0.25, 0.3) is 0 Å². The summed E-state index contributed by atoms with van der Waals surface area (Å²) in [5.41, 5.74) is 9.55. The molecule has 0 bridgehead atoms. The van der Waals surface area contributed by atoms with Gasteiger partial charge in [-0.3, -0.25) is 4.57 Å². The standard InChI is InChI=1S/C25H24N4O5/c1-2-32-24(30)15-7-5-8-16(13-15)29-22(26)20(25(31)34-14-17-9-6-12-33-17)21-23(29)28-19-11-4-3-10-18(19)27-21/h3-5,7-8,10-11,13,17H,2,6,9,12,14,26H2,1H3/t17-/m1/s1. The van der Waals surface area contributed by atoms with Gasteiger partial charge in [0.15, 0.2) is 5.65 Å². The van der Waals surface area contributed by atoms with Gasteiger partial charge in [0.2, 0.25) is 0 Å². The zero-order valence-electron chi connectivity index (χ0n) is 18.7. The molecule has 2 N–H and O–H groups in total. The number of anilines is 1. The second-order valence-corrected chi connectivity index (χ2v) is 7.98. The van der Waals surface area contributed by atoms with E-state index in [0.29, 0.717) is 40.1 Å². The summed E-state index contributed by atoms with van der Waals surface area (Å²) in [6.45, 7) is 2.81. The fourth-order valence-corrected chi connectivity index (χ4v) is 4.13. The minimum atomic E-state index is -0.595. The lowest BCUT2D eigenvalue weighted by Gasteiger charge is -2.11. The molecule has 9 nitrogen and oxygen atoms in total. The molecule has 174 valence electrons. The molecule has 0 aliphatic carbocycles. The number of nitrogen functional groups attached to an aromatic ring is 1. The van der Waals surface area contributed by atoms with Crippen LogP contribution in [-0.2, 0) is 14.2 Å². The molecule has 34 heavy (non-hydrogen) atoms. The maximum Gasteiger partial charge on any atom is 0.344 e. The van der Waals surface area contributed by atoms with Crippen LogP contribution in [0, 0.1) is 0 Å². The molecule has 0 radical (unpaired) electrons. The first kappa shape index (κ1) is 21.8. The van der Waals surface area contributed by atoms with Crippen LogP contribution >= 0.6 is 0 Å². The minimum absolute atomic E-state index is 0.119. The Kier molecular flexibility index (Phi) is 5.85. The summed E-state index contributed by atoms with van der Waals surface area (Å²) in [4.78, 5) is 34.9. The van der Waals surface area contributed by atoms with Crippen LogP contribution in [0.2, 0.25) is 0 Å². The number of carbonyl (C=O) groups is 2. The van der Waals surface area contributed by atoms with Crippen LogP contribution in [0.5, 0.6) is 0 Å². The van der Waals surface area contributed by atoms with Crippen molar-refractivity contribution in [2.45, 2.75) is 25.9 Å². The highest BCUT2D eigenvalue weighted by Gasteiger charge is 2.27. The summed E-state index contributed by atoms with van der Waals surface area (Å²) < 4.78 is 17.9. The van der Waals surface area contributed by atoms with Crippen molar-refractivity contribution < 1.29 is 23.8 Å². The van der Waals surface area contributed by atoms with Gasteiger partial charge < -0.3 is 19.9 Å². The Morgan fingerprint density at radius 2 is 1.88 bits per heavy atom. The zero-order valence-corrected chi connectivity index (χ0v) is 18.7. The fraction of sp³-hybridized carbons (Fsp3) is 0.280. The Balaban J connectivity index is 1.65. The molecular formula is C25H24N4O5. The Morgan fingerprint density at radius 3 is 2.62 bits per heavy atom. The molecule has 5 rings (SSSR count). The van der Waals surface area contributed by atoms with Gasteiger partial charge in [-0.2, -0.15) is 0 Å². The van der Waals surface area contributed by atoms with E-state index in [9.17, 15) is 9.59 Å². The monoisotopic (exact) mass is 460 g/mol. The number of nitrogens with two attached hydrogens (primary N) is 1. The summed E-state index contributed by atoms with van der Waals surface area (Å²) in [6.07, 6.45) is 1.67. The first-order valence-electron chi connectivity index (χ1n) is 11.2. The number of carbonyl (C=O) groups excluding carboxylic acids is 2. The molecule has 1 aliphatic rings. The largest absolute Gasteiger partial charge is 0.462 e. The highest BCUT2D eigenvalue weighted by atomic mass is 16.6. The third kappa shape index (κ3) is 3.94. The molecule has 9 heteroatoms. The topological polar surface area (TPSA) is 119 Å². The van der Waals surface area contributed by atoms with Crippen LogP contribution in [0.3, 0.4) is 0 Å². The van der Waals surface area contributed by atoms with E-state index < -0.39 is 11.9 Å². The SMILES string of the molecule is CCOC(=O)c1cccc(-n2c(N)c(C(=O)OC[C@H]3CCCO3)c3nc4ccccc4nc32)c1. The Labute approximate surface area is 195 Å². The zero-order chi connectivity index (χ0) is 23.7.